The van der Waals surface area contributed by atoms with Crippen LogP contribution in [-0.2, 0) is 0 Å². The molecule has 9 aromatic rings. The molecule has 2 heterocycles. The van der Waals surface area contributed by atoms with Gasteiger partial charge in [-0.3, -0.25) is 0 Å². The molecule has 0 amide bonds. The van der Waals surface area contributed by atoms with Crippen LogP contribution in [0.3, 0.4) is 0 Å². The second-order valence-corrected chi connectivity index (χ2v) is 16.7. The molecule has 1 aliphatic carbocycles. The van der Waals surface area contributed by atoms with E-state index in [1.165, 1.54) is 90.6 Å². The lowest BCUT2D eigenvalue weighted by molar-refractivity contribution is 0.835. The van der Waals surface area contributed by atoms with Crippen molar-refractivity contribution in [3.05, 3.63) is 203 Å². The van der Waals surface area contributed by atoms with Crippen molar-refractivity contribution in [2.45, 2.75) is 27.7 Å². The van der Waals surface area contributed by atoms with E-state index < -0.39 is 0 Å². The zero-order valence-corrected chi connectivity index (χ0v) is 35.5. The molecule has 60 heavy (non-hydrogen) atoms. The van der Waals surface area contributed by atoms with Crippen LogP contribution in [0.25, 0.3) is 106 Å². The SMILES string of the molecule is C=CC(C)C.C=Cc1c(/C=C\C)c2ccccc2c2c3ccc(-n4c(C=C)c(/C=C(\C)C5=c6sc7ccccc7c6=CC=C=C5)c5ccccc54)cc3c3ccccc3c12. The zero-order chi connectivity index (χ0) is 41.5. The summed E-state index contributed by atoms with van der Waals surface area (Å²) in [5.74, 6) is 0.648. The van der Waals surface area contributed by atoms with Gasteiger partial charge in [-0.2, -0.15) is 0 Å². The van der Waals surface area contributed by atoms with E-state index in [0.29, 0.717) is 5.92 Å². The van der Waals surface area contributed by atoms with Gasteiger partial charge in [-0.05, 0) is 134 Å². The maximum atomic E-state index is 4.40. The lowest BCUT2D eigenvalue weighted by Gasteiger charge is -2.19. The molecule has 0 N–H and O–H groups in total. The average Bonchev–Trinajstić information content (AvgIpc) is 3.72. The minimum atomic E-state index is 0.648. The number of allylic oxidation sites excluding steroid dienone is 4. The molecule has 0 bridgehead atoms. The van der Waals surface area contributed by atoms with Gasteiger partial charge in [0.05, 0.1) is 11.2 Å². The molecule has 0 saturated carbocycles. The molecule has 0 unspecified atom stereocenters. The molecule has 0 spiro atoms. The lowest BCUT2D eigenvalue weighted by Crippen LogP contribution is -2.20. The first-order valence-corrected chi connectivity index (χ1v) is 21.5. The molecule has 290 valence electrons. The van der Waals surface area contributed by atoms with Gasteiger partial charge in [0, 0.05) is 42.0 Å². The van der Waals surface area contributed by atoms with Gasteiger partial charge in [0.2, 0.25) is 0 Å². The first-order chi connectivity index (χ1) is 29.4. The topological polar surface area (TPSA) is 4.93 Å². The summed E-state index contributed by atoms with van der Waals surface area (Å²) < 4.78 is 4.96. The Kier molecular flexibility index (Phi) is 10.3. The van der Waals surface area contributed by atoms with Crippen molar-refractivity contribution in [3.8, 4) is 5.69 Å². The summed E-state index contributed by atoms with van der Waals surface area (Å²) in [6, 6.07) is 42.1. The van der Waals surface area contributed by atoms with E-state index >= 15 is 0 Å². The van der Waals surface area contributed by atoms with Crippen LogP contribution < -0.4 is 9.75 Å². The maximum Gasteiger partial charge on any atom is 0.0541 e. The maximum absolute atomic E-state index is 4.40. The fourth-order valence-corrected chi connectivity index (χ4v) is 10.2. The van der Waals surface area contributed by atoms with Gasteiger partial charge in [0.25, 0.3) is 0 Å². The Morgan fingerprint density at radius 1 is 0.667 bits per heavy atom. The van der Waals surface area contributed by atoms with E-state index in [4.69, 9.17) is 0 Å². The number of fused-ring (bicyclic) bond motifs is 12. The van der Waals surface area contributed by atoms with Gasteiger partial charge < -0.3 is 4.57 Å². The lowest BCUT2D eigenvalue weighted by atomic mass is 9.85. The minimum Gasteiger partial charge on any atom is -0.309 e. The van der Waals surface area contributed by atoms with Crippen molar-refractivity contribution < 1.29 is 0 Å². The Balaban J connectivity index is 0.000000875. The highest BCUT2D eigenvalue weighted by Gasteiger charge is 2.20. The van der Waals surface area contributed by atoms with Crippen molar-refractivity contribution in [2.24, 2.45) is 5.92 Å². The van der Waals surface area contributed by atoms with Crippen LogP contribution in [0.1, 0.15) is 50.1 Å². The summed E-state index contributed by atoms with van der Waals surface area (Å²) in [4.78, 5) is 0. The molecule has 1 nitrogen and oxygen atoms in total. The Morgan fingerprint density at radius 2 is 1.30 bits per heavy atom. The summed E-state index contributed by atoms with van der Waals surface area (Å²) in [5.41, 5.74) is 12.7. The molecule has 0 aliphatic heterocycles. The molecule has 0 fully saturated rings. The Hall–Kier alpha value is -6.96. The van der Waals surface area contributed by atoms with E-state index in [-0.39, 0.29) is 0 Å². The van der Waals surface area contributed by atoms with Crippen molar-refractivity contribution in [1.29, 1.82) is 0 Å². The van der Waals surface area contributed by atoms with E-state index in [1.807, 2.05) is 35.6 Å². The smallest absolute Gasteiger partial charge is 0.0541 e. The highest BCUT2D eigenvalue weighted by molar-refractivity contribution is 7.17. The van der Waals surface area contributed by atoms with E-state index in [1.54, 1.807) is 0 Å². The van der Waals surface area contributed by atoms with Gasteiger partial charge in [-0.1, -0.05) is 142 Å². The first-order valence-electron chi connectivity index (χ1n) is 20.7. The van der Waals surface area contributed by atoms with Crippen LogP contribution in [0.4, 0.5) is 0 Å². The van der Waals surface area contributed by atoms with E-state index in [2.05, 4.69) is 203 Å². The molecule has 1 aliphatic rings. The number of hydrogen-bond donors (Lipinski definition) is 0. The predicted molar refractivity (Wildman–Crippen MR) is 268 cm³/mol. The van der Waals surface area contributed by atoms with Crippen LogP contribution in [-0.4, -0.2) is 4.57 Å². The second-order valence-electron chi connectivity index (χ2n) is 15.7. The Labute approximate surface area is 356 Å². The highest BCUT2D eigenvalue weighted by Crippen LogP contribution is 2.44. The molecular formula is C58H47NS. The van der Waals surface area contributed by atoms with Crippen LogP contribution in [0.15, 0.2) is 171 Å². The molecule has 7 aromatic carbocycles. The normalized spacial score (nSPS) is 12.8. The fourth-order valence-electron chi connectivity index (χ4n) is 8.91. The zero-order valence-electron chi connectivity index (χ0n) is 34.7. The third-order valence-corrected chi connectivity index (χ3v) is 12.9. The second kappa shape index (κ2) is 16.0. The monoisotopic (exact) mass is 789 g/mol. The Morgan fingerprint density at radius 3 is 2.00 bits per heavy atom. The predicted octanol–water partition coefficient (Wildman–Crippen LogP) is 15.4. The number of thiophene rings is 1. The van der Waals surface area contributed by atoms with Crippen LogP contribution in [0.5, 0.6) is 0 Å². The van der Waals surface area contributed by atoms with Gasteiger partial charge in [0.15, 0.2) is 0 Å². The Bertz CT molecular complexity index is 3510. The third-order valence-electron chi connectivity index (χ3n) is 11.7. The number of aromatic nitrogens is 1. The summed E-state index contributed by atoms with van der Waals surface area (Å²) in [5, 5.41) is 13.6. The summed E-state index contributed by atoms with van der Waals surface area (Å²) in [6.07, 6.45) is 19.0. The molecule has 0 radical (unpaired) electrons. The summed E-state index contributed by atoms with van der Waals surface area (Å²) in [6.45, 7) is 20.8. The number of hydrogen-bond acceptors (Lipinski definition) is 1. The quantitative estimate of drug-likeness (QED) is 0.0861. The molecule has 0 saturated heterocycles. The number of benzene rings is 7. The molecular weight excluding hydrogens is 743 g/mol. The standard InChI is InChI=1S/C53H37NS.C5H10/c1-5-18-37-35(6-2)51-43-25-12-10-21-39(43)46-32-34(29-30-44(46)52(51)42-24-11-9-20-38(37)42)54-48(7-3)47(40-22-14-16-27-49(40)54)31-33(4)36-19-8-13-26-45-41-23-15-17-28-50(41)55-53(36)45;1-4-5(2)3/h5-7,9-32H,2-3H2,1,4H3;4-5H,1H2,2-3H3/b18-5-,33-31+;. The van der Waals surface area contributed by atoms with Gasteiger partial charge >= 0.3 is 0 Å². The number of nitrogens with zero attached hydrogens (tertiary/aromatic N) is 1. The largest absolute Gasteiger partial charge is 0.309 e. The van der Waals surface area contributed by atoms with Crippen molar-refractivity contribution in [2.75, 3.05) is 0 Å². The van der Waals surface area contributed by atoms with Crippen LogP contribution in [0, 0.1) is 5.92 Å². The molecule has 10 rings (SSSR count). The fraction of sp³-hybridized carbons (Fsp3) is 0.0862. The van der Waals surface area contributed by atoms with E-state index in [0.717, 1.165) is 22.5 Å². The van der Waals surface area contributed by atoms with Crippen LogP contribution >= 0.6 is 11.3 Å². The summed E-state index contributed by atoms with van der Waals surface area (Å²) >= 11 is 1.85. The average molecular weight is 790 g/mol. The van der Waals surface area contributed by atoms with Crippen LogP contribution in [0.2, 0.25) is 0 Å². The third kappa shape index (κ3) is 6.33. The molecule has 2 heteroatoms. The van der Waals surface area contributed by atoms with Gasteiger partial charge in [-0.15, -0.1) is 23.6 Å². The summed E-state index contributed by atoms with van der Waals surface area (Å²) in [7, 11) is 0. The van der Waals surface area contributed by atoms with Crippen molar-refractivity contribution in [1.82, 2.24) is 4.57 Å². The number of rotatable bonds is 7. The van der Waals surface area contributed by atoms with Crippen molar-refractivity contribution in [3.63, 3.8) is 0 Å². The van der Waals surface area contributed by atoms with Gasteiger partial charge in [-0.25, -0.2) is 0 Å². The van der Waals surface area contributed by atoms with E-state index in [9.17, 15) is 0 Å². The van der Waals surface area contributed by atoms with Crippen molar-refractivity contribution >= 4 is 111 Å². The first kappa shape index (κ1) is 38.6. The molecule has 2 aromatic heterocycles. The van der Waals surface area contributed by atoms with Gasteiger partial charge in [0.1, 0.15) is 0 Å². The molecule has 0 atom stereocenters. The highest BCUT2D eigenvalue weighted by atomic mass is 32.1. The minimum absolute atomic E-state index is 0.648. The number of para-hydroxylation sites is 1.